The molecule has 0 aliphatic heterocycles. The summed E-state index contributed by atoms with van der Waals surface area (Å²) >= 11 is 4.45. The first kappa shape index (κ1) is 20.6. The van der Waals surface area contributed by atoms with E-state index in [0.717, 1.165) is 5.56 Å². The number of anilines is 1. The maximum Gasteiger partial charge on any atom is 0.273 e. The first-order valence-corrected chi connectivity index (χ1v) is 10.1. The lowest BCUT2D eigenvalue weighted by Crippen LogP contribution is -2.32. The van der Waals surface area contributed by atoms with Crippen LogP contribution >= 0.6 is 27.3 Å². The van der Waals surface area contributed by atoms with Crippen LogP contribution in [0.5, 0.6) is 11.5 Å². The monoisotopic (exact) mass is 469 g/mol. The minimum absolute atomic E-state index is 0.143. The van der Waals surface area contributed by atoms with E-state index in [9.17, 15) is 9.59 Å². The summed E-state index contributed by atoms with van der Waals surface area (Å²) in [4.78, 5) is 29.2. The van der Waals surface area contributed by atoms with Crippen molar-refractivity contribution in [3.8, 4) is 11.5 Å². The third-order valence-corrected chi connectivity index (χ3v) is 5.91. The largest absolute Gasteiger partial charge is 0.497 e. The van der Waals surface area contributed by atoms with Crippen LogP contribution in [0.3, 0.4) is 0 Å². The molecule has 1 aliphatic carbocycles. The predicted molar refractivity (Wildman–Crippen MR) is 108 cm³/mol. The third kappa shape index (κ3) is 4.29. The zero-order chi connectivity index (χ0) is 20.3. The van der Waals surface area contributed by atoms with Gasteiger partial charge in [0.05, 0.1) is 14.2 Å². The van der Waals surface area contributed by atoms with Crippen LogP contribution < -0.4 is 20.1 Å². The summed E-state index contributed by atoms with van der Waals surface area (Å²) in [6, 6.07) is 5.34. The second kappa shape index (κ2) is 8.46. The normalized spacial score (nSPS) is 14.3. The highest BCUT2D eigenvalue weighted by Crippen LogP contribution is 2.41. The fourth-order valence-electron chi connectivity index (χ4n) is 2.64. The van der Waals surface area contributed by atoms with Crippen molar-refractivity contribution in [2.24, 2.45) is 0 Å². The maximum atomic E-state index is 12.7. The fraction of sp³-hybridized carbons (Fsp3) is 0.389. The van der Waals surface area contributed by atoms with Crippen molar-refractivity contribution in [1.29, 1.82) is 0 Å². The van der Waals surface area contributed by atoms with Crippen LogP contribution in [-0.4, -0.2) is 43.7 Å². The van der Waals surface area contributed by atoms with Crippen LogP contribution in [0, 0.1) is 0 Å². The number of amides is 2. The number of hydrogen-bond acceptors (Lipinski definition) is 7. The molecule has 0 unspecified atom stereocenters. The molecule has 0 saturated heterocycles. The van der Waals surface area contributed by atoms with Gasteiger partial charge in [-0.3, -0.25) is 9.59 Å². The van der Waals surface area contributed by atoms with Crippen molar-refractivity contribution < 1.29 is 23.8 Å². The van der Waals surface area contributed by atoms with E-state index in [1.54, 1.807) is 26.4 Å². The minimum Gasteiger partial charge on any atom is -0.497 e. The Balaban J connectivity index is 1.71. The molecule has 2 aromatic rings. The number of benzene rings is 1. The standard InChI is InChI=1S/C18H20BrN3O5S/c1-25-11-5-4-10(12(8-11)26-2)9-20-14(23)13-15(28-17(19)21-13)22-16(24)18(27-3)6-7-18/h4-5,8H,6-7,9H2,1-3H3,(H,20,23)(H,22,24). The van der Waals surface area contributed by atoms with Crippen molar-refractivity contribution in [2.75, 3.05) is 26.6 Å². The highest BCUT2D eigenvalue weighted by Gasteiger charge is 2.51. The average Bonchev–Trinajstić information content (AvgIpc) is 3.43. The molecule has 1 aromatic carbocycles. The van der Waals surface area contributed by atoms with E-state index in [1.165, 1.54) is 18.4 Å². The Labute approximate surface area is 174 Å². The smallest absolute Gasteiger partial charge is 0.273 e. The summed E-state index contributed by atoms with van der Waals surface area (Å²) in [6.45, 7) is 0.233. The number of nitrogens with one attached hydrogen (secondary N) is 2. The van der Waals surface area contributed by atoms with Gasteiger partial charge in [-0.1, -0.05) is 11.3 Å². The van der Waals surface area contributed by atoms with E-state index in [2.05, 4.69) is 31.5 Å². The molecule has 3 rings (SSSR count). The van der Waals surface area contributed by atoms with E-state index in [0.29, 0.717) is 33.3 Å². The van der Waals surface area contributed by atoms with Gasteiger partial charge in [0, 0.05) is 25.3 Å². The lowest BCUT2D eigenvalue weighted by atomic mass is 10.2. The van der Waals surface area contributed by atoms with E-state index < -0.39 is 11.5 Å². The second-order valence-corrected chi connectivity index (χ2v) is 8.43. The van der Waals surface area contributed by atoms with Crippen molar-refractivity contribution in [3.63, 3.8) is 0 Å². The Morgan fingerprint density at radius 3 is 2.61 bits per heavy atom. The average molecular weight is 470 g/mol. The Bertz CT molecular complexity index is 897. The van der Waals surface area contributed by atoms with Gasteiger partial charge in [0.1, 0.15) is 22.1 Å². The summed E-state index contributed by atoms with van der Waals surface area (Å²) in [5.41, 5.74) is 0.137. The maximum absolute atomic E-state index is 12.7. The summed E-state index contributed by atoms with van der Waals surface area (Å²) in [6.07, 6.45) is 1.32. The number of aromatic nitrogens is 1. The van der Waals surface area contributed by atoms with E-state index in [4.69, 9.17) is 14.2 Å². The fourth-order valence-corrected chi connectivity index (χ4v) is 3.99. The summed E-state index contributed by atoms with van der Waals surface area (Å²) < 4.78 is 16.3. The van der Waals surface area contributed by atoms with Crippen LogP contribution in [-0.2, 0) is 16.1 Å². The molecular weight excluding hydrogens is 450 g/mol. The molecule has 2 N–H and O–H groups in total. The zero-order valence-electron chi connectivity index (χ0n) is 15.6. The van der Waals surface area contributed by atoms with Gasteiger partial charge < -0.3 is 24.8 Å². The predicted octanol–water partition coefficient (Wildman–Crippen LogP) is 2.97. The van der Waals surface area contributed by atoms with E-state index in [1.807, 2.05) is 6.07 Å². The molecule has 1 aliphatic rings. The summed E-state index contributed by atoms with van der Waals surface area (Å²) in [5.74, 6) is 0.588. The Hall–Kier alpha value is -2.17. The van der Waals surface area contributed by atoms with Gasteiger partial charge in [0.2, 0.25) is 0 Å². The van der Waals surface area contributed by atoms with Crippen molar-refractivity contribution in [3.05, 3.63) is 33.4 Å². The lowest BCUT2D eigenvalue weighted by molar-refractivity contribution is -0.128. The molecule has 0 radical (unpaired) electrons. The van der Waals surface area contributed by atoms with Gasteiger partial charge in [-0.25, -0.2) is 4.98 Å². The lowest BCUT2D eigenvalue weighted by Gasteiger charge is -2.13. The SMILES string of the molecule is COc1ccc(CNC(=O)c2nc(Br)sc2NC(=O)C2(OC)CC2)c(OC)c1. The number of thiazole rings is 1. The molecule has 2 amide bonds. The molecule has 0 bridgehead atoms. The topological polar surface area (TPSA) is 98.8 Å². The van der Waals surface area contributed by atoms with Crippen LogP contribution in [0.15, 0.2) is 22.1 Å². The van der Waals surface area contributed by atoms with Gasteiger partial charge in [0.15, 0.2) is 9.61 Å². The molecular formula is C18H20BrN3O5S. The molecule has 1 fully saturated rings. The molecule has 150 valence electrons. The second-order valence-electron chi connectivity index (χ2n) is 6.16. The molecule has 10 heteroatoms. The first-order valence-electron chi connectivity index (χ1n) is 8.44. The molecule has 28 heavy (non-hydrogen) atoms. The van der Waals surface area contributed by atoms with E-state index >= 15 is 0 Å². The number of methoxy groups -OCH3 is 3. The molecule has 0 spiro atoms. The Kier molecular flexibility index (Phi) is 6.21. The number of nitrogens with zero attached hydrogens (tertiary/aromatic N) is 1. The number of rotatable bonds is 8. The number of carbonyl (C=O) groups excluding carboxylic acids is 2. The van der Waals surface area contributed by atoms with Gasteiger partial charge in [0.25, 0.3) is 11.8 Å². The Morgan fingerprint density at radius 1 is 1.25 bits per heavy atom. The van der Waals surface area contributed by atoms with Gasteiger partial charge in [-0.05, 0) is 40.9 Å². The van der Waals surface area contributed by atoms with Gasteiger partial charge >= 0.3 is 0 Å². The highest BCUT2D eigenvalue weighted by atomic mass is 79.9. The van der Waals surface area contributed by atoms with Crippen molar-refractivity contribution >= 4 is 44.1 Å². The zero-order valence-corrected chi connectivity index (χ0v) is 18.0. The van der Waals surface area contributed by atoms with Crippen molar-refractivity contribution in [2.45, 2.75) is 25.0 Å². The van der Waals surface area contributed by atoms with Crippen molar-refractivity contribution in [1.82, 2.24) is 10.3 Å². The molecule has 8 nitrogen and oxygen atoms in total. The first-order chi connectivity index (χ1) is 13.4. The van der Waals surface area contributed by atoms with Crippen LogP contribution in [0.4, 0.5) is 5.00 Å². The van der Waals surface area contributed by atoms with Crippen LogP contribution in [0.25, 0.3) is 0 Å². The molecule has 0 atom stereocenters. The molecule has 1 aromatic heterocycles. The number of hydrogen-bond donors (Lipinski definition) is 2. The summed E-state index contributed by atoms with van der Waals surface area (Å²) in [7, 11) is 4.63. The number of ether oxygens (including phenoxy) is 3. The minimum atomic E-state index is -0.791. The number of carbonyl (C=O) groups is 2. The highest BCUT2D eigenvalue weighted by molar-refractivity contribution is 9.11. The third-order valence-electron chi connectivity index (χ3n) is 4.49. The van der Waals surface area contributed by atoms with Gasteiger partial charge in [-0.2, -0.15) is 0 Å². The number of halogens is 1. The quantitative estimate of drug-likeness (QED) is 0.616. The van der Waals surface area contributed by atoms with Crippen LogP contribution in [0.2, 0.25) is 0 Å². The van der Waals surface area contributed by atoms with Gasteiger partial charge in [-0.15, -0.1) is 0 Å². The summed E-state index contributed by atoms with van der Waals surface area (Å²) in [5, 5.41) is 5.94. The Morgan fingerprint density at radius 2 is 2.00 bits per heavy atom. The van der Waals surface area contributed by atoms with Crippen LogP contribution in [0.1, 0.15) is 28.9 Å². The molecule has 1 saturated carbocycles. The molecule has 1 heterocycles. The van der Waals surface area contributed by atoms with E-state index in [-0.39, 0.29) is 18.1 Å².